The highest BCUT2D eigenvalue weighted by Crippen LogP contribution is 2.12. The van der Waals surface area contributed by atoms with Crippen molar-refractivity contribution in [3.63, 3.8) is 0 Å². The van der Waals surface area contributed by atoms with Crippen LogP contribution < -0.4 is 0 Å². The van der Waals surface area contributed by atoms with Crippen LogP contribution in [0.3, 0.4) is 0 Å². The molecule has 10 heavy (non-hydrogen) atoms. The van der Waals surface area contributed by atoms with Crippen LogP contribution in [0.15, 0.2) is 11.2 Å². The van der Waals surface area contributed by atoms with Crippen molar-refractivity contribution in [2.75, 3.05) is 20.4 Å². The maximum absolute atomic E-state index is 9.96. The molecule has 0 saturated heterocycles. The van der Waals surface area contributed by atoms with Crippen LogP contribution in [-0.2, 0) is 0 Å². The fraction of sp³-hybridized carbons (Fsp3) is 0.600. The van der Waals surface area contributed by atoms with E-state index >= 15 is 0 Å². The van der Waals surface area contributed by atoms with Crippen molar-refractivity contribution >= 4 is 11.8 Å². The van der Waals surface area contributed by atoms with Crippen molar-refractivity contribution in [2.24, 2.45) is 0 Å². The second-order valence-electron chi connectivity index (χ2n) is 1.85. The summed E-state index contributed by atoms with van der Waals surface area (Å²) in [5, 5.41) is 10.6. The molecule has 0 aliphatic carbocycles. The zero-order valence-corrected chi connectivity index (χ0v) is 7.01. The zero-order chi connectivity index (χ0) is 8.15. The number of hydrogen-bond acceptors (Lipinski definition) is 4. The number of thioether (sulfide) groups is 1. The third-order valence-corrected chi connectivity index (χ3v) is 1.75. The van der Waals surface area contributed by atoms with Crippen molar-refractivity contribution in [3.8, 4) is 0 Å². The highest BCUT2D eigenvalue weighted by Gasteiger charge is 2.01. The van der Waals surface area contributed by atoms with Gasteiger partial charge in [0.1, 0.15) is 5.03 Å². The van der Waals surface area contributed by atoms with Gasteiger partial charge in [0, 0.05) is 14.1 Å². The van der Waals surface area contributed by atoms with E-state index in [0.29, 0.717) is 5.03 Å². The smallest absolute Gasteiger partial charge is 0.264 e. The van der Waals surface area contributed by atoms with E-state index < -0.39 is 4.92 Å². The Kier molecular flexibility index (Phi) is 3.87. The Hall–Kier alpha value is -0.710. The second kappa shape index (κ2) is 4.16. The van der Waals surface area contributed by atoms with E-state index in [1.54, 1.807) is 25.3 Å². The van der Waals surface area contributed by atoms with E-state index in [4.69, 9.17) is 0 Å². The summed E-state index contributed by atoms with van der Waals surface area (Å²) < 4.78 is 0. The molecule has 0 aromatic heterocycles. The Bertz CT molecular complexity index is 156. The van der Waals surface area contributed by atoms with E-state index in [1.807, 2.05) is 0 Å². The first-order valence-electron chi connectivity index (χ1n) is 2.64. The summed E-state index contributed by atoms with van der Waals surface area (Å²) in [5.41, 5.74) is 0. The van der Waals surface area contributed by atoms with E-state index in [9.17, 15) is 10.1 Å². The van der Waals surface area contributed by atoms with Crippen LogP contribution in [-0.4, -0.2) is 30.2 Å². The Morgan fingerprint density at radius 1 is 1.70 bits per heavy atom. The molecule has 0 saturated carbocycles. The van der Waals surface area contributed by atoms with E-state index in [2.05, 4.69) is 0 Å². The molecule has 5 heteroatoms. The fourth-order valence-electron chi connectivity index (χ4n) is 0.441. The van der Waals surface area contributed by atoms with Gasteiger partial charge in [-0.05, 0) is 6.26 Å². The third-order valence-electron chi connectivity index (χ3n) is 0.866. The average Bonchev–Trinajstić information content (AvgIpc) is 1.81. The SMILES string of the molecule is CS/C(=C\[N+](=O)[O-])N(C)C. The summed E-state index contributed by atoms with van der Waals surface area (Å²) >= 11 is 1.35. The third kappa shape index (κ3) is 3.34. The number of hydrogen-bond donors (Lipinski definition) is 0. The highest BCUT2D eigenvalue weighted by atomic mass is 32.2. The largest absolute Gasteiger partial charge is 0.367 e. The van der Waals surface area contributed by atoms with Crippen LogP contribution in [0.5, 0.6) is 0 Å². The first-order valence-corrected chi connectivity index (χ1v) is 3.87. The maximum Gasteiger partial charge on any atom is 0.264 e. The summed E-state index contributed by atoms with van der Waals surface area (Å²) in [6, 6.07) is 0. The molecule has 0 radical (unpaired) electrons. The van der Waals surface area contributed by atoms with E-state index in [-0.39, 0.29) is 0 Å². The average molecular weight is 162 g/mol. The van der Waals surface area contributed by atoms with Crippen LogP contribution in [0.1, 0.15) is 0 Å². The Morgan fingerprint density at radius 2 is 2.20 bits per heavy atom. The quantitative estimate of drug-likeness (QED) is 0.458. The number of rotatable bonds is 3. The molecule has 0 rings (SSSR count). The Morgan fingerprint density at radius 3 is 2.30 bits per heavy atom. The van der Waals surface area contributed by atoms with Gasteiger partial charge in [0.05, 0.1) is 4.92 Å². The molecule has 0 spiro atoms. The van der Waals surface area contributed by atoms with Gasteiger partial charge in [0.2, 0.25) is 0 Å². The molecule has 0 aliphatic heterocycles. The van der Waals surface area contributed by atoms with Gasteiger partial charge < -0.3 is 4.90 Å². The molecule has 0 bridgehead atoms. The topological polar surface area (TPSA) is 46.4 Å². The van der Waals surface area contributed by atoms with Crippen molar-refractivity contribution in [3.05, 3.63) is 21.3 Å². The lowest BCUT2D eigenvalue weighted by atomic mass is 10.8. The molecule has 0 fully saturated rings. The predicted molar refractivity (Wildman–Crippen MR) is 42.3 cm³/mol. The standard InChI is InChI=1S/C5H10N2O2S/c1-6(2)5(10-3)4-7(8)9/h4H,1-3H3/b5-4-. The second-order valence-corrected chi connectivity index (χ2v) is 2.68. The minimum absolute atomic E-state index is 0.453. The predicted octanol–water partition coefficient (Wildman–Crippen LogP) is 0.987. The summed E-state index contributed by atoms with van der Waals surface area (Å²) in [6.07, 6.45) is 2.79. The molecule has 4 nitrogen and oxygen atoms in total. The Balaban J connectivity index is 4.18. The molecule has 0 aromatic carbocycles. The summed E-state index contributed by atoms with van der Waals surface area (Å²) in [6.45, 7) is 0. The van der Waals surface area contributed by atoms with Gasteiger partial charge in [-0.25, -0.2) is 0 Å². The van der Waals surface area contributed by atoms with Crippen LogP contribution >= 0.6 is 11.8 Å². The first-order chi connectivity index (χ1) is 4.57. The fourth-order valence-corrected chi connectivity index (χ4v) is 0.998. The maximum atomic E-state index is 9.96. The number of nitrogens with zero attached hydrogens (tertiary/aromatic N) is 2. The summed E-state index contributed by atoms with van der Waals surface area (Å²) in [5.74, 6) is 0. The van der Waals surface area contributed by atoms with E-state index in [0.717, 1.165) is 6.20 Å². The first kappa shape index (κ1) is 9.29. The minimum atomic E-state index is -0.453. The van der Waals surface area contributed by atoms with Gasteiger partial charge in [-0.3, -0.25) is 10.1 Å². The van der Waals surface area contributed by atoms with Gasteiger partial charge >= 0.3 is 0 Å². The molecule has 0 aliphatic rings. The van der Waals surface area contributed by atoms with Crippen LogP contribution in [0, 0.1) is 10.1 Å². The minimum Gasteiger partial charge on any atom is -0.367 e. The molecule has 0 unspecified atom stereocenters. The lowest BCUT2D eigenvalue weighted by Crippen LogP contribution is -2.09. The number of nitro groups is 1. The van der Waals surface area contributed by atoms with Gasteiger partial charge in [0.15, 0.2) is 0 Å². The van der Waals surface area contributed by atoms with Crippen molar-refractivity contribution in [1.82, 2.24) is 4.90 Å². The zero-order valence-electron chi connectivity index (χ0n) is 6.20. The molecule has 0 heterocycles. The van der Waals surface area contributed by atoms with Crippen LogP contribution in [0.4, 0.5) is 0 Å². The van der Waals surface area contributed by atoms with Crippen molar-refractivity contribution in [1.29, 1.82) is 0 Å². The normalized spacial score (nSPS) is 11.3. The van der Waals surface area contributed by atoms with E-state index in [1.165, 1.54) is 11.8 Å². The lowest BCUT2D eigenvalue weighted by Gasteiger charge is -2.10. The van der Waals surface area contributed by atoms with Gasteiger partial charge in [-0.2, -0.15) is 0 Å². The van der Waals surface area contributed by atoms with Crippen molar-refractivity contribution in [2.45, 2.75) is 0 Å². The van der Waals surface area contributed by atoms with Crippen LogP contribution in [0.25, 0.3) is 0 Å². The molecule has 0 aromatic rings. The summed E-state index contributed by atoms with van der Waals surface area (Å²) in [7, 11) is 3.54. The Labute approximate surface area is 64.0 Å². The van der Waals surface area contributed by atoms with Gasteiger partial charge in [0.25, 0.3) is 6.20 Å². The van der Waals surface area contributed by atoms with Gasteiger partial charge in [-0.1, -0.05) is 0 Å². The molecule has 0 N–H and O–H groups in total. The van der Waals surface area contributed by atoms with Gasteiger partial charge in [-0.15, -0.1) is 11.8 Å². The molecular weight excluding hydrogens is 152 g/mol. The summed E-state index contributed by atoms with van der Waals surface area (Å²) in [4.78, 5) is 11.2. The van der Waals surface area contributed by atoms with Crippen molar-refractivity contribution < 1.29 is 4.92 Å². The molecular formula is C5H10N2O2S. The monoisotopic (exact) mass is 162 g/mol. The molecule has 58 valence electrons. The lowest BCUT2D eigenvalue weighted by molar-refractivity contribution is -0.403. The molecule has 0 amide bonds. The van der Waals surface area contributed by atoms with Crippen LogP contribution in [0.2, 0.25) is 0 Å². The molecule has 0 atom stereocenters. The highest BCUT2D eigenvalue weighted by molar-refractivity contribution is 8.02.